The zero-order valence-electron chi connectivity index (χ0n) is 13.4. The molecule has 0 atom stereocenters. The number of rotatable bonds is 6. The van der Waals surface area contributed by atoms with Gasteiger partial charge in [0.1, 0.15) is 5.75 Å². The van der Waals surface area contributed by atoms with E-state index in [1.54, 1.807) is 29.5 Å². The molecular weight excluding hydrogens is 312 g/mol. The van der Waals surface area contributed by atoms with E-state index in [2.05, 4.69) is 5.32 Å². The third kappa shape index (κ3) is 4.32. The molecule has 0 saturated heterocycles. The minimum Gasteiger partial charge on any atom is -0.495 e. The van der Waals surface area contributed by atoms with Gasteiger partial charge < -0.3 is 15.8 Å². The van der Waals surface area contributed by atoms with Gasteiger partial charge in [0.05, 0.1) is 12.8 Å². The number of nitrogens with two attached hydrogens (primary N) is 1. The first kappa shape index (κ1) is 17.0. The van der Waals surface area contributed by atoms with Gasteiger partial charge in [-0.1, -0.05) is 0 Å². The maximum absolute atomic E-state index is 12.2. The van der Waals surface area contributed by atoms with Gasteiger partial charge in [-0.05, 0) is 38.1 Å². The second kappa shape index (κ2) is 7.28. The van der Waals surface area contributed by atoms with Gasteiger partial charge in [-0.3, -0.25) is 9.59 Å². The molecule has 0 aliphatic rings. The van der Waals surface area contributed by atoms with Crippen molar-refractivity contribution in [3.63, 3.8) is 0 Å². The predicted molar refractivity (Wildman–Crippen MR) is 93.4 cm³/mol. The van der Waals surface area contributed by atoms with Crippen LogP contribution >= 0.6 is 11.3 Å². The molecule has 0 aliphatic carbocycles. The molecule has 1 amide bonds. The number of Topliss-reactive ketones (excluding diaryl/α,β-unsaturated/α-hetero) is 1. The number of hydrogen-bond donors (Lipinski definition) is 2. The van der Waals surface area contributed by atoms with E-state index in [0.717, 1.165) is 9.75 Å². The molecule has 1 aromatic heterocycles. The predicted octanol–water partition coefficient (Wildman–Crippen LogP) is 3.56. The van der Waals surface area contributed by atoms with E-state index in [-0.39, 0.29) is 24.5 Å². The number of nitrogens with one attached hydrogen (secondary N) is 1. The summed E-state index contributed by atoms with van der Waals surface area (Å²) >= 11 is 1.59. The van der Waals surface area contributed by atoms with Crippen molar-refractivity contribution < 1.29 is 14.3 Å². The van der Waals surface area contributed by atoms with Crippen molar-refractivity contribution in [1.29, 1.82) is 0 Å². The Hall–Kier alpha value is -2.34. The number of ketones is 1. The minimum absolute atomic E-state index is 0.00348. The zero-order chi connectivity index (χ0) is 17.0. The van der Waals surface area contributed by atoms with Gasteiger partial charge in [0.25, 0.3) is 0 Å². The summed E-state index contributed by atoms with van der Waals surface area (Å²) < 4.78 is 5.06. The van der Waals surface area contributed by atoms with Crippen molar-refractivity contribution >= 4 is 34.4 Å². The van der Waals surface area contributed by atoms with Crippen molar-refractivity contribution in [3.05, 3.63) is 39.6 Å². The third-order valence-electron chi connectivity index (χ3n) is 3.43. The number of anilines is 2. The first-order chi connectivity index (χ1) is 10.9. The lowest BCUT2D eigenvalue weighted by atomic mass is 10.1. The van der Waals surface area contributed by atoms with E-state index in [9.17, 15) is 9.59 Å². The Morgan fingerprint density at radius 2 is 1.96 bits per heavy atom. The molecule has 122 valence electrons. The molecular formula is C17H20N2O3S. The molecule has 5 nitrogen and oxygen atoms in total. The summed E-state index contributed by atoms with van der Waals surface area (Å²) in [6, 6.07) is 6.91. The molecule has 0 fully saturated rings. The Bertz CT molecular complexity index is 737. The van der Waals surface area contributed by atoms with Crippen molar-refractivity contribution in [1.82, 2.24) is 0 Å². The number of nitrogen functional groups attached to an aromatic ring is 1. The number of ether oxygens (including phenoxy) is 1. The molecule has 1 aromatic carbocycles. The Morgan fingerprint density at radius 3 is 2.52 bits per heavy atom. The Labute approximate surface area is 139 Å². The van der Waals surface area contributed by atoms with Gasteiger partial charge >= 0.3 is 0 Å². The monoisotopic (exact) mass is 332 g/mol. The number of aryl methyl sites for hydroxylation is 2. The molecule has 1 heterocycles. The molecule has 0 saturated carbocycles. The van der Waals surface area contributed by atoms with Crippen LogP contribution in [0.1, 0.15) is 33.0 Å². The average Bonchev–Trinajstić information content (AvgIpc) is 2.84. The molecule has 2 aromatic rings. The number of carbonyl (C=O) groups is 2. The number of amides is 1. The highest BCUT2D eigenvalue weighted by Crippen LogP contribution is 2.25. The SMILES string of the molecule is COc1ccc(NC(=O)CCC(=O)c2cc(C)sc2C)cc1N. The van der Waals surface area contributed by atoms with E-state index in [4.69, 9.17) is 10.5 Å². The van der Waals surface area contributed by atoms with Gasteiger partial charge in [-0.2, -0.15) is 0 Å². The summed E-state index contributed by atoms with van der Waals surface area (Å²) in [5.74, 6) is 0.338. The molecule has 0 spiro atoms. The lowest BCUT2D eigenvalue weighted by molar-refractivity contribution is -0.116. The van der Waals surface area contributed by atoms with Gasteiger partial charge in [0.2, 0.25) is 5.91 Å². The van der Waals surface area contributed by atoms with E-state index < -0.39 is 0 Å². The van der Waals surface area contributed by atoms with Crippen LogP contribution in [0.4, 0.5) is 11.4 Å². The first-order valence-electron chi connectivity index (χ1n) is 7.24. The van der Waals surface area contributed by atoms with Crippen LogP contribution in [-0.2, 0) is 4.79 Å². The second-order valence-electron chi connectivity index (χ2n) is 5.25. The Balaban J connectivity index is 1.91. The number of benzene rings is 1. The minimum atomic E-state index is -0.215. The largest absolute Gasteiger partial charge is 0.495 e. The second-order valence-corrected chi connectivity index (χ2v) is 6.72. The summed E-state index contributed by atoms with van der Waals surface area (Å²) in [6.45, 7) is 3.89. The summed E-state index contributed by atoms with van der Waals surface area (Å²) in [5, 5.41) is 2.74. The Kier molecular flexibility index (Phi) is 5.39. The molecule has 0 radical (unpaired) electrons. The van der Waals surface area contributed by atoms with Crippen molar-refractivity contribution in [2.24, 2.45) is 0 Å². The van der Waals surface area contributed by atoms with Crippen molar-refractivity contribution in [2.45, 2.75) is 26.7 Å². The quantitative estimate of drug-likeness (QED) is 0.626. The molecule has 0 aliphatic heterocycles. The highest BCUT2D eigenvalue weighted by Gasteiger charge is 2.14. The number of carbonyl (C=O) groups excluding carboxylic acids is 2. The fourth-order valence-corrected chi connectivity index (χ4v) is 3.25. The fourth-order valence-electron chi connectivity index (χ4n) is 2.30. The van der Waals surface area contributed by atoms with Gasteiger partial charge in [0, 0.05) is 33.8 Å². The highest BCUT2D eigenvalue weighted by atomic mass is 32.1. The Morgan fingerprint density at radius 1 is 1.22 bits per heavy atom. The van der Waals surface area contributed by atoms with E-state index in [0.29, 0.717) is 22.7 Å². The van der Waals surface area contributed by atoms with E-state index >= 15 is 0 Å². The maximum atomic E-state index is 12.2. The van der Waals surface area contributed by atoms with Crippen molar-refractivity contribution in [3.8, 4) is 5.75 Å². The number of hydrogen-bond acceptors (Lipinski definition) is 5. The third-order valence-corrected chi connectivity index (χ3v) is 4.40. The van der Waals surface area contributed by atoms with Gasteiger partial charge in [0.15, 0.2) is 5.78 Å². The molecule has 23 heavy (non-hydrogen) atoms. The summed E-state index contributed by atoms with van der Waals surface area (Å²) in [4.78, 5) is 26.2. The van der Waals surface area contributed by atoms with Gasteiger partial charge in [-0.25, -0.2) is 0 Å². The van der Waals surface area contributed by atoms with E-state index in [1.165, 1.54) is 7.11 Å². The number of thiophene rings is 1. The van der Waals surface area contributed by atoms with Gasteiger partial charge in [-0.15, -0.1) is 11.3 Å². The standard InChI is InChI=1S/C17H20N2O3S/c1-10-8-13(11(2)23-10)15(20)5-7-17(21)19-12-4-6-16(22-3)14(18)9-12/h4,6,8-9H,5,7,18H2,1-3H3,(H,19,21). The van der Waals surface area contributed by atoms with Crippen LogP contribution in [-0.4, -0.2) is 18.8 Å². The zero-order valence-corrected chi connectivity index (χ0v) is 14.3. The number of methoxy groups -OCH3 is 1. The summed E-state index contributed by atoms with van der Waals surface area (Å²) in [7, 11) is 1.53. The normalized spacial score (nSPS) is 10.4. The maximum Gasteiger partial charge on any atom is 0.224 e. The van der Waals surface area contributed by atoms with Crippen LogP contribution < -0.4 is 15.8 Å². The van der Waals surface area contributed by atoms with Crippen molar-refractivity contribution in [2.75, 3.05) is 18.2 Å². The van der Waals surface area contributed by atoms with Crippen LogP contribution in [0.2, 0.25) is 0 Å². The molecule has 2 rings (SSSR count). The molecule has 0 unspecified atom stereocenters. The lowest BCUT2D eigenvalue weighted by Crippen LogP contribution is -2.13. The molecule has 0 bridgehead atoms. The lowest BCUT2D eigenvalue weighted by Gasteiger charge is -2.08. The fraction of sp³-hybridized carbons (Fsp3) is 0.294. The van der Waals surface area contributed by atoms with Crippen LogP contribution in [0, 0.1) is 13.8 Å². The van der Waals surface area contributed by atoms with E-state index in [1.807, 2.05) is 19.9 Å². The smallest absolute Gasteiger partial charge is 0.224 e. The average molecular weight is 332 g/mol. The highest BCUT2D eigenvalue weighted by molar-refractivity contribution is 7.12. The summed E-state index contributed by atoms with van der Waals surface area (Å²) in [6.07, 6.45) is 0.327. The van der Waals surface area contributed by atoms with Crippen LogP contribution in [0.3, 0.4) is 0 Å². The van der Waals surface area contributed by atoms with Crippen LogP contribution in [0.25, 0.3) is 0 Å². The van der Waals surface area contributed by atoms with Crippen LogP contribution in [0.5, 0.6) is 5.75 Å². The first-order valence-corrected chi connectivity index (χ1v) is 8.06. The topological polar surface area (TPSA) is 81.4 Å². The summed E-state index contributed by atoms with van der Waals surface area (Å²) in [5.41, 5.74) is 7.55. The molecule has 3 N–H and O–H groups in total. The van der Waals surface area contributed by atoms with Crippen LogP contribution in [0.15, 0.2) is 24.3 Å². The molecule has 6 heteroatoms.